The molecule has 316 valence electrons. The number of esters is 2. The van der Waals surface area contributed by atoms with Crippen molar-refractivity contribution < 1.29 is 43.3 Å². The molecule has 4 aliphatic rings. The topological polar surface area (TPSA) is 161 Å². The van der Waals surface area contributed by atoms with E-state index >= 15 is 0 Å². The minimum atomic E-state index is -1.04. The van der Waals surface area contributed by atoms with Gasteiger partial charge in [-0.2, -0.15) is 0 Å². The zero-order chi connectivity index (χ0) is 41.6. The highest BCUT2D eigenvalue weighted by Crippen LogP contribution is 2.28. The van der Waals surface area contributed by atoms with Crippen LogP contribution >= 0.6 is 22.6 Å². The van der Waals surface area contributed by atoms with Gasteiger partial charge >= 0.3 is 24.1 Å². The van der Waals surface area contributed by atoms with E-state index in [1.165, 1.54) is 0 Å². The first-order chi connectivity index (χ1) is 27.7. The van der Waals surface area contributed by atoms with Gasteiger partial charge in [-0.3, -0.25) is 24.2 Å². The molecule has 4 amide bonds. The summed E-state index contributed by atoms with van der Waals surface area (Å²) in [6, 6.07) is 11.6. The van der Waals surface area contributed by atoms with Crippen LogP contribution in [-0.2, 0) is 41.4 Å². The van der Waals surface area contributed by atoms with E-state index in [4.69, 9.17) is 14.2 Å². The highest BCUT2D eigenvalue weighted by molar-refractivity contribution is 14.1. The van der Waals surface area contributed by atoms with Crippen molar-refractivity contribution in [3.8, 4) is 5.75 Å². The Morgan fingerprint density at radius 1 is 0.862 bits per heavy atom. The monoisotopic (exact) mass is 916 g/mol. The summed E-state index contributed by atoms with van der Waals surface area (Å²) >= 11 is 1.97. The normalized spacial score (nSPS) is 19.5. The number of piperidine rings is 2. The van der Waals surface area contributed by atoms with E-state index in [9.17, 15) is 29.1 Å². The van der Waals surface area contributed by atoms with Crippen LogP contribution in [0.5, 0.6) is 5.75 Å². The lowest BCUT2D eigenvalue weighted by atomic mass is 9.98. The minimum Gasteiger partial charge on any atom is -0.507 e. The summed E-state index contributed by atoms with van der Waals surface area (Å²) in [7, 11) is 0. The molecule has 4 heterocycles. The van der Waals surface area contributed by atoms with Crippen LogP contribution in [0, 0.1) is 13.8 Å². The van der Waals surface area contributed by atoms with Gasteiger partial charge in [0.25, 0.3) is 5.91 Å². The summed E-state index contributed by atoms with van der Waals surface area (Å²) in [6.45, 7) is 12.2. The standard InChI is InChI=1S/C42H57IN6O9/c1-28-23-30(24-29(2)37(28)51)25-35(58-41(55)48-16-12-33(13-17-48)49-18-9-31-7-5-6-8-34(31)44-40(49)54)38(52)47-14-10-32(11-15-47)46-21-19-45(20-22-46)26-36(50)56-27-57-39(53)42(3,4)43/h5-8,23-24,32-33,35,51H,9-22,25-27H2,1-4H3,(H,44,54)/t35-/m1/s1. The molecule has 2 aromatic rings. The predicted octanol–water partition coefficient (Wildman–Crippen LogP) is 4.48. The van der Waals surface area contributed by atoms with Crippen molar-refractivity contribution in [3.63, 3.8) is 0 Å². The maximum absolute atomic E-state index is 14.2. The molecule has 0 radical (unpaired) electrons. The zero-order valence-electron chi connectivity index (χ0n) is 34.0. The molecule has 6 rings (SSSR count). The van der Waals surface area contributed by atoms with Gasteiger partial charge < -0.3 is 39.3 Å². The Bertz CT molecular complexity index is 1790. The number of para-hydroxylation sites is 1. The van der Waals surface area contributed by atoms with Crippen molar-refractivity contribution in [2.24, 2.45) is 0 Å². The molecule has 4 aliphatic heterocycles. The van der Waals surface area contributed by atoms with E-state index in [2.05, 4.69) is 10.2 Å². The third kappa shape index (κ3) is 11.1. The number of amides is 4. The summed E-state index contributed by atoms with van der Waals surface area (Å²) < 4.78 is 15.5. The number of ether oxygens (including phenoxy) is 3. The smallest absolute Gasteiger partial charge is 0.410 e. The molecule has 2 N–H and O–H groups in total. The van der Waals surface area contributed by atoms with Crippen LogP contribution in [0.25, 0.3) is 0 Å². The number of rotatable bonds is 11. The number of phenolic OH excluding ortho intramolecular Hbond substituents is 1. The molecule has 0 unspecified atom stereocenters. The van der Waals surface area contributed by atoms with Crippen molar-refractivity contribution in [3.05, 3.63) is 58.7 Å². The minimum absolute atomic E-state index is 0.0178. The second kappa shape index (κ2) is 19.3. The maximum Gasteiger partial charge on any atom is 0.410 e. The fraction of sp³-hybridized carbons (Fsp3) is 0.595. The highest BCUT2D eigenvalue weighted by Gasteiger charge is 2.37. The van der Waals surface area contributed by atoms with Gasteiger partial charge in [0.15, 0.2) is 6.10 Å². The molecule has 3 saturated heterocycles. The van der Waals surface area contributed by atoms with Crippen LogP contribution in [0.15, 0.2) is 36.4 Å². The molecule has 3 fully saturated rings. The number of carbonyl (C=O) groups excluding carboxylic acids is 5. The molecular weight excluding hydrogens is 859 g/mol. The summed E-state index contributed by atoms with van der Waals surface area (Å²) in [5.41, 5.74) is 4.12. The number of likely N-dealkylation sites (tertiary alicyclic amines) is 2. The van der Waals surface area contributed by atoms with E-state index in [-0.39, 0.29) is 42.7 Å². The van der Waals surface area contributed by atoms with Gasteiger partial charge in [0.1, 0.15) is 9.17 Å². The third-order valence-corrected chi connectivity index (χ3v) is 12.2. The Kier molecular flexibility index (Phi) is 14.4. The summed E-state index contributed by atoms with van der Waals surface area (Å²) in [6.07, 6.45) is 2.10. The van der Waals surface area contributed by atoms with Gasteiger partial charge in [0, 0.05) is 83.1 Å². The average Bonchev–Trinajstić information content (AvgIpc) is 3.37. The number of nitrogens with zero attached hydrogens (tertiary/aromatic N) is 5. The number of carbonyl (C=O) groups is 5. The Labute approximate surface area is 354 Å². The number of urea groups is 1. The SMILES string of the molecule is Cc1cc(C[C@@H](OC(=O)N2CCC(N3CCc4ccccc4NC3=O)CC2)C(=O)N2CCC(N3CCN(CC(=O)OCOC(=O)C(C)(C)I)CC3)CC2)cc(C)c1O. The first-order valence-corrected chi connectivity index (χ1v) is 21.4. The molecule has 58 heavy (non-hydrogen) atoms. The number of aryl methyl sites for hydroxylation is 2. The number of piperazine rings is 1. The number of nitrogens with one attached hydrogen (secondary N) is 1. The van der Waals surface area contributed by atoms with Crippen molar-refractivity contribution in [2.45, 2.75) is 87.8 Å². The van der Waals surface area contributed by atoms with Crippen LogP contribution < -0.4 is 5.32 Å². The first-order valence-electron chi connectivity index (χ1n) is 20.3. The molecule has 0 spiro atoms. The van der Waals surface area contributed by atoms with Crippen LogP contribution in [0.4, 0.5) is 15.3 Å². The molecule has 0 aliphatic carbocycles. The number of halogens is 1. The number of anilines is 1. The number of alkyl halides is 1. The van der Waals surface area contributed by atoms with E-state index in [0.29, 0.717) is 69.8 Å². The number of phenols is 1. The molecule has 15 nitrogen and oxygen atoms in total. The first kappa shape index (κ1) is 43.4. The van der Waals surface area contributed by atoms with Gasteiger partial charge in [-0.1, -0.05) is 52.9 Å². The molecule has 1 atom stereocenters. The zero-order valence-corrected chi connectivity index (χ0v) is 36.2. The maximum atomic E-state index is 14.2. The van der Waals surface area contributed by atoms with Crippen LogP contribution in [0.1, 0.15) is 61.8 Å². The Morgan fingerprint density at radius 3 is 2.14 bits per heavy atom. The van der Waals surface area contributed by atoms with Crippen LogP contribution in [-0.4, -0.2) is 153 Å². The number of benzene rings is 2. The average molecular weight is 917 g/mol. The number of aromatic hydroxyl groups is 1. The highest BCUT2D eigenvalue weighted by atomic mass is 127. The van der Waals surface area contributed by atoms with Crippen LogP contribution in [0.3, 0.4) is 0 Å². The van der Waals surface area contributed by atoms with Crippen LogP contribution in [0.2, 0.25) is 0 Å². The number of hydrogen-bond acceptors (Lipinski definition) is 11. The van der Waals surface area contributed by atoms with Gasteiger partial charge in [-0.15, -0.1) is 0 Å². The van der Waals surface area contributed by atoms with Gasteiger partial charge in [0.05, 0.1) is 6.54 Å². The molecule has 16 heteroatoms. The van der Waals surface area contributed by atoms with E-state index in [1.54, 1.807) is 23.6 Å². The predicted molar refractivity (Wildman–Crippen MR) is 225 cm³/mol. The van der Waals surface area contributed by atoms with Gasteiger partial charge in [-0.25, -0.2) is 9.59 Å². The number of fused-ring (bicyclic) bond motifs is 1. The summed E-state index contributed by atoms with van der Waals surface area (Å²) in [5.74, 6) is -0.913. The van der Waals surface area contributed by atoms with Crippen molar-refractivity contribution in [2.75, 3.05) is 77.6 Å². The van der Waals surface area contributed by atoms with E-state index in [0.717, 1.165) is 49.2 Å². The molecule has 2 aromatic carbocycles. The molecule has 0 aromatic heterocycles. The van der Waals surface area contributed by atoms with Crippen molar-refractivity contribution in [1.82, 2.24) is 24.5 Å². The van der Waals surface area contributed by atoms with Crippen molar-refractivity contribution in [1.29, 1.82) is 0 Å². The lowest BCUT2D eigenvalue weighted by Gasteiger charge is -2.43. The van der Waals surface area contributed by atoms with E-state index < -0.39 is 34.4 Å². The molecular formula is C42H57IN6O9. The summed E-state index contributed by atoms with van der Waals surface area (Å²) in [4.78, 5) is 75.1. The second-order valence-corrected chi connectivity index (χ2v) is 19.0. The Balaban J connectivity index is 0.997. The largest absolute Gasteiger partial charge is 0.507 e. The van der Waals surface area contributed by atoms with Gasteiger partial charge in [-0.05, 0) is 88.1 Å². The summed E-state index contributed by atoms with van der Waals surface area (Å²) in [5, 5.41) is 13.4. The fourth-order valence-electron chi connectivity index (χ4n) is 8.34. The van der Waals surface area contributed by atoms with E-state index in [1.807, 2.05) is 82.6 Å². The lowest BCUT2D eigenvalue weighted by Crippen LogP contribution is -2.55. The quantitative estimate of drug-likeness (QED) is 0.142. The Morgan fingerprint density at radius 2 is 1.48 bits per heavy atom. The Hall–Kier alpha value is -4.16. The van der Waals surface area contributed by atoms with Crippen molar-refractivity contribution >= 4 is 58.2 Å². The fourth-order valence-corrected chi connectivity index (χ4v) is 8.50. The second-order valence-electron chi connectivity index (χ2n) is 16.3. The lowest BCUT2D eigenvalue weighted by molar-refractivity contribution is -0.168. The van der Waals surface area contributed by atoms with Gasteiger partial charge in [0.2, 0.25) is 6.79 Å². The molecule has 0 saturated carbocycles. The molecule has 0 bridgehead atoms. The third-order valence-electron chi connectivity index (χ3n) is 11.7. The number of hydrogen-bond donors (Lipinski definition) is 2.